The van der Waals surface area contributed by atoms with Crippen LogP contribution in [0.15, 0.2) is 16.9 Å². The topological polar surface area (TPSA) is 60.6 Å². The molecular formula is C9H13BrN6. The van der Waals surface area contributed by atoms with Gasteiger partial charge in [-0.15, -0.1) is 5.10 Å². The fourth-order valence-electron chi connectivity index (χ4n) is 1.74. The Morgan fingerprint density at radius 3 is 2.56 bits per heavy atom. The Bertz CT molecular complexity index is 468. The van der Waals surface area contributed by atoms with Crippen LogP contribution in [-0.2, 0) is 14.1 Å². The minimum atomic E-state index is 0.0156. The number of rotatable bonds is 3. The monoisotopic (exact) mass is 284 g/mol. The molecule has 16 heavy (non-hydrogen) atoms. The molecule has 2 heterocycles. The lowest BCUT2D eigenvalue weighted by molar-refractivity contribution is 0.556. The van der Waals surface area contributed by atoms with Crippen LogP contribution in [0, 0.1) is 0 Å². The van der Waals surface area contributed by atoms with Crippen molar-refractivity contribution in [1.82, 2.24) is 30.1 Å². The zero-order valence-electron chi connectivity index (χ0n) is 9.35. The summed E-state index contributed by atoms with van der Waals surface area (Å²) in [6, 6.07) is 1.99. The SMILES string of the molecule is CNC(c1ccnn1C)c1c(Br)nnn1C. The Morgan fingerprint density at radius 2 is 2.12 bits per heavy atom. The van der Waals surface area contributed by atoms with Gasteiger partial charge in [0.2, 0.25) is 0 Å². The van der Waals surface area contributed by atoms with E-state index in [9.17, 15) is 0 Å². The first-order chi connectivity index (χ1) is 7.65. The fourth-order valence-corrected chi connectivity index (χ4v) is 2.29. The van der Waals surface area contributed by atoms with Crippen molar-refractivity contribution in [2.45, 2.75) is 6.04 Å². The molecule has 0 aromatic carbocycles. The summed E-state index contributed by atoms with van der Waals surface area (Å²) in [6.45, 7) is 0. The number of nitrogens with zero attached hydrogens (tertiary/aromatic N) is 5. The Labute approximate surface area is 102 Å². The van der Waals surface area contributed by atoms with Gasteiger partial charge in [-0.3, -0.25) is 4.68 Å². The summed E-state index contributed by atoms with van der Waals surface area (Å²) < 4.78 is 4.33. The zero-order valence-corrected chi connectivity index (χ0v) is 10.9. The lowest BCUT2D eigenvalue weighted by Gasteiger charge is -2.16. The van der Waals surface area contributed by atoms with Gasteiger partial charge in [0.1, 0.15) is 0 Å². The number of aromatic nitrogens is 5. The molecule has 0 saturated heterocycles. The lowest BCUT2D eigenvalue weighted by Crippen LogP contribution is -2.23. The minimum Gasteiger partial charge on any atom is -0.307 e. The van der Waals surface area contributed by atoms with Crippen LogP contribution < -0.4 is 5.32 Å². The first-order valence-electron chi connectivity index (χ1n) is 4.85. The van der Waals surface area contributed by atoms with Crippen molar-refractivity contribution in [1.29, 1.82) is 0 Å². The maximum atomic E-state index is 4.17. The molecule has 0 fully saturated rings. The van der Waals surface area contributed by atoms with E-state index in [4.69, 9.17) is 0 Å². The van der Waals surface area contributed by atoms with Crippen LogP contribution in [0.3, 0.4) is 0 Å². The van der Waals surface area contributed by atoms with Gasteiger partial charge in [-0.1, -0.05) is 5.21 Å². The Hall–Kier alpha value is -1.21. The number of halogens is 1. The summed E-state index contributed by atoms with van der Waals surface area (Å²) in [5, 5.41) is 15.4. The highest BCUT2D eigenvalue weighted by Gasteiger charge is 2.22. The van der Waals surface area contributed by atoms with Gasteiger partial charge in [-0.2, -0.15) is 5.10 Å². The molecule has 2 rings (SSSR count). The van der Waals surface area contributed by atoms with Gasteiger partial charge in [0.05, 0.1) is 17.4 Å². The Balaban J connectivity index is 2.49. The quantitative estimate of drug-likeness (QED) is 0.898. The maximum Gasteiger partial charge on any atom is 0.153 e. The third-order valence-electron chi connectivity index (χ3n) is 2.54. The molecule has 1 unspecified atom stereocenters. The van der Waals surface area contributed by atoms with E-state index in [-0.39, 0.29) is 6.04 Å². The number of nitrogens with one attached hydrogen (secondary N) is 1. The van der Waals surface area contributed by atoms with E-state index in [1.807, 2.05) is 31.9 Å². The average Bonchev–Trinajstić information content (AvgIpc) is 2.80. The predicted molar refractivity (Wildman–Crippen MR) is 62.8 cm³/mol. The zero-order chi connectivity index (χ0) is 11.7. The molecule has 1 N–H and O–H groups in total. The third kappa shape index (κ3) is 1.76. The molecule has 0 bridgehead atoms. The normalized spacial score (nSPS) is 13.0. The second-order valence-electron chi connectivity index (χ2n) is 3.49. The van der Waals surface area contributed by atoms with Gasteiger partial charge in [0.25, 0.3) is 0 Å². The highest BCUT2D eigenvalue weighted by molar-refractivity contribution is 9.10. The Morgan fingerprint density at radius 1 is 1.38 bits per heavy atom. The molecule has 0 amide bonds. The number of aryl methyl sites for hydroxylation is 2. The van der Waals surface area contributed by atoms with Crippen molar-refractivity contribution >= 4 is 15.9 Å². The first kappa shape index (κ1) is 11.3. The van der Waals surface area contributed by atoms with Gasteiger partial charge in [0.15, 0.2) is 4.60 Å². The molecule has 0 aliphatic carbocycles. The number of hydrogen-bond acceptors (Lipinski definition) is 4. The summed E-state index contributed by atoms with van der Waals surface area (Å²) in [4.78, 5) is 0. The van der Waals surface area contributed by atoms with Crippen LogP contribution in [-0.4, -0.2) is 31.8 Å². The standard InChI is InChI=1S/C9H13BrN6/c1-11-7(6-4-5-12-15(6)2)8-9(10)13-14-16(8)3/h4-5,7,11H,1-3H3. The second-order valence-corrected chi connectivity index (χ2v) is 4.24. The fraction of sp³-hybridized carbons (Fsp3) is 0.444. The van der Waals surface area contributed by atoms with Gasteiger partial charge >= 0.3 is 0 Å². The molecule has 0 aliphatic heterocycles. The number of hydrogen-bond donors (Lipinski definition) is 1. The van der Waals surface area contributed by atoms with E-state index in [2.05, 4.69) is 36.7 Å². The molecule has 2 aromatic heterocycles. The van der Waals surface area contributed by atoms with Crippen LogP contribution in [0.4, 0.5) is 0 Å². The van der Waals surface area contributed by atoms with Gasteiger partial charge in [-0.25, -0.2) is 4.68 Å². The van der Waals surface area contributed by atoms with Gasteiger partial charge in [-0.05, 0) is 29.0 Å². The summed E-state index contributed by atoms with van der Waals surface area (Å²) in [5.41, 5.74) is 2.04. The molecule has 1 atom stereocenters. The minimum absolute atomic E-state index is 0.0156. The van der Waals surface area contributed by atoms with Crippen LogP contribution in [0.1, 0.15) is 17.4 Å². The van der Waals surface area contributed by atoms with Gasteiger partial charge < -0.3 is 5.32 Å². The summed E-state index contributed by atoms with van der Waals surface area (Å²) in [5.74, 6) is 0. The molecule has 0 saturated carbocycles. The predicted octanol–water partition coefficient (Wildman–Crippen LogP) is 0.620. The van der Waals surface area contributed by atoms with E-state index in [0.717, 1.165) is 16.0 Å². The maximum absolute atomic E-state index is 4.17. The van der Waals surface area contributed by atoms with E-state index >= 15 is 0 Å². The third-order valence-corrected chi connectivity index (χ3v) is 3.11. The van der Waals surface area contributed by atoms with E-state index in [1.54, 1.807) is 10.9 Å². The highest BCUT2D eigenvalue weighted by Crippen LogP contribution is 2.25. The highest BCUT2D eigenvalue weighted by atomic mass is 79.9. The van der Waals surface area contributed by atoms with Crippen molar-refractivity contribution in [3.63, 3.8) is 0 Å². The van der Waals surface area contributed by atoms with E-state index in [1.165, 1.54) is 0 Å². The van der Waals surface area contributed by atoms with E-state index < -0.39 is 0 Å². The molecule has 7 heteroatoms. The van der Waals surface area contributed by atoms with Gasteiger partial charge in [0, 0.05) is 20.3 Å². The molecule has 0 aliphatic rings. The molecular weight excluding hydrogens is 272 g/mol. The second kappa shape index (κ2) is 4.34. The average molecular weight is 285 g/mol. The lowest BCUT2D eigenvalue weighted by atomic mass is 10.1. The van der Waals surface area contributed by atoms with Crippen LogP contribution in [0.5, 0.6) is 0 Å². The molecule has 86 valence electrons. The molecule has 2 aromatic rings. The van der Waals surface area contributed by atoms with E-state index in [0.29, 0.717) is 0 Å². The summed E-state index contributed by atoms with van der Waals surface area (Å²) in [7, 11) is 5.68. The molecule has 6 nitrogen and oxygen atoms in total. The van der Waals surface area contributed by atoms with Crippen molar-refractivity contribution in [3.05, 3.63) is 28.3 Å². The molecule has 0 spiro atoms. The van der Waals surface area contributed by atoms with Crippen LogP contribution >= 0.6 is 15.9 Å². The largest absolute Gasteiger partial charge is 0.307 e. The first-order valence-corrected chi connectivity index (χ1v) is 5.64. The van der Waals surface area contributed by atoms with Crippen molar-refractivity contribution in [2.24, 2.45) is 14.1 Å². The van der Waals surface area contributed by atoms with Crippen molar-refractivity contribution in [3.8, 4) is 0 Å². The van der Waals surface area contributed by atoms with Crippen molar-refractivity contribution < 1.29 is 0 Å². The van der Waals surface area contributed by atoms with Crippen molar-refractivity contribution in [2.75, 3.05) is 7.05 Å². The van der Waals surface area contributed by atoms with Crippen LogP contribution in [0.2, 0.25) is 0 Å². The summed E-state index contributed by atoms with van der Waals surface area (Å²) >= 11 is 3.40. The molecule has 0 radical (unpaired) electrons. The van der Waals surface area contributed by atoms with Crippen LogP contribution in [0.25, 0.3) is 0 Å². The Kier molecular flexibility index (Phi) is 3.06. The smallest absolute Gasteiger partial charge is 0.153 e. The summed E-state index contributed by atoms with van der Waals surface area (Å²) in [6.07, 6.45) is 1.78.